The van der Waals surface area contributed by atoms with E-state index in [2.05, 4.69) is 13.8 Å². The lowest BCUT2D eigenvalue weighted by atomic mass is 10.0. The zero-order valence-electron chi connectivity index (χ0n) is 9.41. The van der Waals surface area contributed by atoms with Crippen LogP contribution in [0, 0.1) is 5.92 Å². The fourth-order valence-corrected chi connectivity index (χ4v) is 1.54. The van der Waals surface area contributed by atoms with Crippen molar-refractivity contribution in [3.63, 3.8) is 0 Å². The van der Waals surface area contributed by atoms with Crippen LogP contribution in [-0.4, -0.2) is 13.0 Å². The average Bonchev–Trinajstić information content (AvgIpc) is 2.16. The SMILES string of the molecule is COc1cc(CC(C)C)ccc1C(N)=O. The van der Waals surface area contributed by atoms with Crippen molar-refractivity contribution in [1.29, 1.82) is 0 Å². The molecule has 0 atom stereocenters. The van der Waals surface area contributed by atoms with Gasteiger partial charge in [0, 0.05) is 0 Å². The molecule has 0 aromatic heterocycles. The number of methoxy groups -OCH3 is 1. The van der Waals surface area contributed by atoms with Gasteiger partial charge < -0.3 is 10.5 Å². The minimum atomic E-state index is -0.456. The molecular formula is C12H17NO2. The molecule has 1 rings (SSSR count). The fraction of sp³-hybridized carbons (Fsp3) is 0.417. The molecule has 0 aliphatic carbocycles. The summed E-state index contributed by atoms with van der Waals surface area (Å²) in [5.41, 5.74) is 6.82. The van der Waals surface area contributed by atoms with Crippen molar-refractivity contribution in [2.75, 3.05) is 7.11 Å². The van der Waals surface area contributed by atoms with E-state index < -0.39 is 5.91 Å². The molecule has 0 spiro atoms. The van der Waals surface area contributed by atoms with Gasteiger partial charge >= 0.3 is 0 Å². The lowest BCUT2D eigenvalue weighted by Crippen LogP contribution is -2.12. The van der Waals surface area contributed by atoms with Gasteiger partial charge in [-0.1, -0.05) is 19.9 Å². The quantitative estimate of drug-likeness (QED) is 0.820. The number of benzene rings is 1. The molecule has 0 aliphatic heterocycles. The second kappa shape index (κ2) is 4.82. The predicted molar refractivity (Wildman–Crippen MR) is 60.1 cm³/mol. The van der Waals surface area contributed by atoms with Crippen molar-refractivity contribution in [1.82, 2.24) is 0 Å². The Morgan fingerprint density at radius 2 is 2.13 bits per heavy atom. The Kier molecular flexibility index (Phi) is 3.72. The number of ether oxygens (including phenoxy) is 1. The van der Waals surface area contributed by atoms with Crippen LogP contribution in [0.2, 0.25) is 0 Å². The molecule has 0 radical (unpaired) electrons. The average molecular weight is 207 g/mol. The Labute approximate surface area is 90.2 Å². The molecule has 2 N–H and O–H groups in total. The van der Waals surface area contributed by atoms with Crippen molar-refractivity contribution in [2.24, 2.45) is 11.7 Å². The largest absolute Gasteiger partial charge is 0.496 e. The zero-order valence-corrected chi connectivity index (χ0v) is 9.41. The molecule has 0 saturated carbocycles. The second-order valence-electron chi connectivity index (χ2n) is 4.00. The summed E-state index contributed by atoms with van der Waals surface area (Å²) in [6.45, 7) is 4.29. The normalized spacial score (nSPS) is 10.4. The van der Waals surface area contributed by atoms with Crippen LogP contribution in [-0.2, 0) is 6.42 Å². The van der Waals surface area contributed by atoms with E-state index in [-0.39, 0.29) is 0 Å². The number of hydrogen-bond donors (Lipinski definition) is 1. The van der Waals surface area contributed by atoms with Gasteiger partial charge in [0.25, 0.3) is 5.91 Å². The monoisotopic (exact) mass is 207 g/mol. The fourth-order valence-electron chi connectivity index (χ4n) is 1.54. The van der Waals surface area contributed by atoms with Gasteiger partial charge in [0.05, 0.1) is 12.7 Å². The van der Waals surface area contributed by atoms with Crippen molar-refractivity contribution < 1.29 is 9.53 Å². The van der Waals surface area contributed by atoms with Gasteiger partial charge in [-0.05, 0) is 30.0 Å². The topological polar surface area (TPSA) is 52.3 Å². The molecule has 3 nitrogen and oxygen atoms in total. The maximum Gasteiger partial charge on any atom is 0.252 e. The first-order valence-corrected chi connectivity index (χ1v) is 5.01. The van der Waals surface area contributed by atoms with Gasteiger partial charge in [-0.15, -0.1) is 0 Å². The van der Waals surface area contributed by atoms with Gasteiger partial charge in [0.2, 0.25) is 0 Å². The zero-order chi connectivity index (χ0) is 11.4. The van der Waals surface area contributed by atoms with Crippen LogP contribution < -0.4 is 10.5 Å². The highest BCUT2D eigenvalue weighted by molar-refractivity contribution is 5.95. The minimum Gasteiger partial charge on any atom is -0.496 e. The number of carbonyl (C=O) groups is 1. The minimum absolute atomic E-state index is 0.435. The number of carbonyl (C=O) groups excluding carboxylic acids is 1. The number of rotatable bonds is 4. The van der Waals surface area contributed by atoms with E-state index in [0.29, 0.717) is 17.2 Å². The van der Waals surface area contributed by atoms with Crippen LogP contribution in [0.4, 0.5) is 0 Å². The van der Waals surface area contributed by atoms with E-state index in [4.69, 9.17) is 10.5 Å². The lowest BCUT2D eigenvalue weighted by Gasteiger charge is -2.09. The molecule has 0 aliphatic rings. The van der Waals surface area contributed by atoms with Crippen molar-refractivity contribution in [3.05, 3.63) is 29.3 Å². The van der Waals surface area contributed by atoms with Gasteiger partial charge in [0.1, 0.15) is 5.75 Å². The lowest BCUT2D eigenvalue weighted by molar-refractivity contribution is 0.0997. The second-order valence-corrected chi connectivity index (χ2v) is 4.00. The summed E-state index contributed by atoms with van der Waals surface area (Å²) in [7, 11) is 1.54. The summed E-state index contributed by atoms with van der Waals surface area (Å²) in [6, 6.07) is 5.52. The van der Waals surface area contributed by atoms with E-state index in [0.717, 1.165) is 12.0 Å². The number of primary amides is 1. The Hall–Kier alpha value is -1.51. The van der Waals surface area contributed by atoms with Crippen molar-refractivity contribution >= 4 is 5.91 Å². The Morgan fingerprint density at radius 1 is 1.47 bits per heavy atom. The molecule has 1 aromatic rings. The summed E-state index contributed by atoms with van der Waals surface area (Å²) in [5, 5.41) is 0. The number of nitrogens with two attached hydrogens (primary N) is 1. The summed E-state index contributed by atoms with van der Waals surface area (Å²) in [4.78, 5) is 11.1. The van der Waals surface area contributed by atoms with Gasteiger partial charge in [-0.2, -0.15) is 0 Å². The first-order chi connectivity index (χ1) is 7.04. The number of amides is 1. The molecule has 0 bridgehead atoms. The first kappa shape index (κ1) is 11.6. The summed E-state index contributed by atoms with van der Waals surface area (Å²) in [5.74, 6) is 0.678. The summed E-state index contributed by atoms with van der Waals surface area (Å²) < 4.78 is 5.13. The Balaban J connectivity index is 3.02. The van der Waals surface area contributed by atoms with E-state index in [1.54, 1.807) is 13.2 Å². The van der Waals surface area contributed by atoms with Gasteiger partial charge in [0.15, 0.2) is 0 Å². The molecule has 0 heterocycles. The van der Waals surface area contributed by atoms with Crippen LogP contribution in [0.25, 0.3) is 0 Å². The molecule has 3 heteroatoms. The smallest absolute Gasteiger partial charge is 0.252 e. The van der Waals surface area contributed by atoms with Crippen molar-refractivity contribution in [2.45, 2.75) is 20.3 Å². The maximum absolute atomic E-state index is 11.1. The Bertz CT molecular complexity index is 359. The van der Waals surface area contributed by atoms with Crippen LogP contribution in [0.1, 0.15) is 29.8 Å². The molecule has 0 unspecified atom stereocenters. The highest BCUT2D eigenvalue weighted by Gasteiger charge is 2.09. The van der Waals surface area contributed by atoms with Gasteiger partial charge in [-0.25, -0.2) is 0 Å². The molecule has 82 valence electrons. The summed E-state index contributed by atoms with van der Waals surface area (Å²) in [6.07, 6.45) is 0.968. The predicted octanol–water partition coefficient (Wildman–Crippen LogP) is 1.99. The highest BCUT2D eigenvalue weighted by Crippen LogP contribution is 2.21. The standard InChI is InChI=1S/C12H17NO2/c1-8(2)6-9-4-5-10(12(13)14)11(7-9)15-3/h4-5,7-8H,6H2,1-3H3,(H2,13,14). The first-order valence-electron chi connectivity index (χ1n) is 5.01. The molecule has 0 saturated heterocycles. The van der Waals surface area contributed by atoms with E-state index in [1.807, 2.05) is 12.1 Å². The maximum atomic E-state index is 11.1. The van der Waals surface area contributed by atoms with E-state index in [1.165, 1.54) is 0 Å². The highest BCUT2D eigenvalue weighted by atomic mass is 16.5. The molecule has 1 amide bonds. The Morgan fingerprint density at radius 3 is 2.60 bits per heavy atom. The van der Waals surface area contributed by atoms with Crippen LogP contribution in [0.15, 0.2) is 18.2 Å². The molecule has 0 fully saturated rings. The van der Waals surface area contributed by atoms with E-state index >= 15 is 0 Å². The van der Waals surface area contributed by atoms with Crippen LogP contribution in [0.5, 0.6) is 5.75 Å². The van der Waals surface area contributed by atoms with Gasteiger partial charge in [-0.3, -0.25) is 4.79 Å². The molecular weight excluding hydrogens is 190 g/mol. The summed E-state index contributed by atoms with van der Waals surface area (Å²) >= 11 is 0. The third-order valence-electron chi connectivity index (χ3n) is 2.18. The number of hydrogen-bond acceptors (Lipinski definition) is 2. The third-order valence-corrected chi connectivity index (χ3v) is 2.18. The van der Waals surface area contributed by atoms with Crippen LogP contribution >= 0.6 is 0 Å². The van der Waals surface area contributed by atoms with Crippen molar-refractivity contribution in [3.8, 4) is 5.75 Å². The molecule has 1 aromatic carbocycles. The molecule has 15 heavy (non-hydrogen) atoms. The van der Waals surface area contributed by atoms with Crippen LogP contribution in [0.3, 0.4) is 0 Å². The third kappa shape index (κ3) is 2.98. The van der Waals surface area contributed by atoms with E-state index in [9.17, 15) is 4.79 Å².